The van der Waals surface area contributed by atoms with Crippen LogP contribution in [0.3, 0.4) is 0 Å². The summed E-state index contributed by atoms with van der Waals surface area (Å²) in [5, 5.41) is 12.2. The second-order valence-electron chi connectivity index (χ2n) is 5.16. The van der Waals surface area contributed by atoms with E-state index in [1.54, 1.807) is 7.11 Å². The van der Waals surface area contributed by atoms with Crippen molar-refractivity contribution in [2.45, 2.75) is 37.8 Å². The number of nitrogens with one attached hydrogen (secondary N) is 1. The molecule has 2 unspecified atom stereocenters. The number of nitrogens with zero attached hydrogens (tertiary/aromatic N) is 2. The molecule has 1 saturated heterocycles. The van der Waals surface area contributed by atoms with Crippen LogP contribution in [0, 0.1) is 11.3 Å². The molecule has 4 nitrogen and oxygen atoms in total. The van der Waals surface area contributed by atoms with Crippen molar-refractivity contribution in [2.24, 2.45) is 0 Å². The smallest absolute Gasteiger partial charge is 0.116 e. The average molecular weight is 225 g/mol. The number of likely N-dealkylation sites (tertiary alicyclic amines) is 1. The molecule has 2 atom stereocenters. The molecule has 1 heterocycles. The predicted molar refractivity (Wildman–Crippen MR) is 64.2 cm³/mol. The van der Waals surface area contributed by atoms with Crippen molar-refractivity contribution >= 4 is 0 Å². The number of nitriles is 1. The SMILES string of the molecule is CNC(C)(C#N)CN1CCCC(C)(OC)C1. The molecule has 1 N–H and O–H groups in total. The normalized spacial score (nSPS) is 30.7. The molecule has 0 radical (unpaired) electrons. The fraction of sp³-hybridized carbons (Fsp3) is 0.917. The summed E-state index contributed by atoms with van der Waals surface area (Å²) in [4.78, 5) is 2.31. The Morgan fingerprint density at radius 3 is 2.81 bits per heavy atom. The van der Waals surface area contributed by atoms with Gasteiger partial charge in [-0.3, -0.25) is 4.90 Å². The number of piperidine rings is 1. The van der Waals surface area contributed by atoms with E-state index in [1.165, 1.54) is 0 Å². The molecule has 92 valence electrons. The van der Waals surface area contributed by atoms with Crippen LogP contribution in [-0.2, 0) is 4.74 Å². The van der Waals surface area contributed by atoms with Crippen LogP contribution >= 0.6 is 0 Å². The van der Waals surface area contributed by atoms with Crippen LogP contribution in [-0.4, -0.2) is 49.8 Å². The second-order valence-corrected chi connectivity index (χ2v) is 5.16. The van der Waals surface area contributed by atoms with E-state index < -0.39 is 5.54 Å². The van der Waals surface area contributed by atoms with Gasteiger partial charge in [-0.1, -0.05) is 0 Å². The van der Waals surface area contributed by atoms with Crippen molar-refractivity contribution in [3.8, 4) is 6.07 Å². The third kappa shape index (κ3) is 3.18. The van der Waals surface area contributed by atoms with Crippen molar-refractivity contribution in [3.05, 3.63) is 0 Å². The van der Waals surface area contributed by atoms with Crippen molar-refractivity contribution in [3.63, 3.8) is 0 Å². The van der Waals surface area contributed by atoms with E-state index in [-0.39, 0.29) is 5.60 Å². The van der Waals surface area contributed by atoms with Crippen LogP contribution in [0.2, 0.25) is 0 Å². The highest BCUT2D eigenvalue weighted by atomic mass is 16.5. The molecule has 0 amide bonds. The Morgan fingerprint density at radius 1 is 1.62 bits per heavy atom. The minimum Gasteiger partial charge on any atom is -0.377 e. The van der Waals surface area contributed by atoms with Gasteiger partial charge in [0.2, 0.25) is 0 Å². The van der Waals surface area contributed by atoms with Crippen LogP contribution in [0.25, 0.3) is 0 Å². The van der Waals surface area contributed by atoms with E-state index in [1.807, 2.05) is 14.0 Å². The van der Waals surface area contributed by atoms with Gasteiger partial charge >= 0.3 is 0 Å². The Bertz CT molecular complexity index is 276. The van der Waals surface area contributed by atoms with Gasteiger partial charge in [-0.2, -0.15) is 5.26 Å². The van der Waals surface area contributed by atoms with Crippen LogP contribution in [0.1, 0.15) is 26.7 Å². The van der Waals surface area contributed by atoms with Gasteiger partial charge in [0.25, 0.3) is 0 Å². The maximum absolute atomic E-state index is 9.13. The van der Waals surface area contributed by atoms with E-state index in [4.69, 9.17) is 10.00 Å². The lowest BCUT2D eigenvalue weighted by atomic mass is 9.93. The summed E-state index contributed by atoms with van der Waals surface area (Å²) >= 11 is 0. The minimum absolute atomic E-state index is 0.0532. The fourth-order valence-electron chi connectivity index (χ4n) is 2.23. The first-order chi connectivity index (χ1) is 7.47. The molecule has 1 fully saturated rings. The zero-order chi connectivity index (χ0) is 12.2. The molecule has 16 heavy (non-hydrogen) atoms. The maximum atomic E-state index is 9.13. The molecule has 1 aliphatic rings. The topological polar surface area (TPSA) is 48.3 Å². The van der Waals surface area contributed by atoms with E-state index >= 15 is 0 Å². The monoisotopic (exact) mass is 225 g/mol. The van der Waals surface area contributed by atoms with Gasteiger partial charge in [0.15, 0.2) is 0 Å². The van der Waals surface area contributed by atoms with Crippen LogP contribution < -0.4 is 5.32 Å². The minimum atomic E-state index is -0.466. The van der Waals surface area contributed by atoms with Gasteiger partial charge in [-0.05, 0) is 40.3 Å². The van der Waals surface area contributed by atoms with Crippen molar-refractivity contribution < 1.29 is 4.74 Å². The third-order valence-corrected chi connectivity index (χ3v) is 3.57. The number of rotatable bonds is 4. The Balaban J connectivity index is 2.59. The van der Waals surface area contributed by atoms with Gasteiger partial charge in [0.1, 0.15) is 5.54 Å². The molecule has 0 saturated carbocycles. The molecule has 0 aliphatic carbocycles. The Hall–Kier alpha value is -0.630. The number of methoxy groups -OCH3 is 1. The molecule has 0 bridgehead atoms. The molecular formula is C12H23N3O. The number of likely N-dealkylation sites (N-methyl/N-ethyl adjacent to an activating group) is 1. The van der Waals surface area contributed by atoms with Gasteiger partial charge in [-0.15, -0.1) is 0 Å². The first-order valence-corrected chi connectivity index (χ1v) is 5.85. The maximum Gasteiger partial charge on any atom is 0.116 e. The average Bonchev–Trinajstić information content (AvgIpc) is 2.29. The van der Waals surface area contributed by atoms with Gasteiger partial charge in [0.05, 0.1) is 11.7 Å². The van der Waals surface area contributed by atoms with E-state index in [9.17, 15) is 0 Å². The van der Waals surface area contributed by atoms with Crippen LogP contribution in [0.5, 0.6) is 0 Å². The molecule has 0 aromatic rings. The van der Waals surface area contributed by atoms with Gasteiger partial charge < -0.3 is 10.1 Å². The Labute approximate surface area is 98.6 Å². The van der Waals surface area contributed by atoms with Crippen LogP contribution in [0.15, 0.2) is 0 Å². The summed E-state index contributed by atoms with van der Waals surface area (Å²) in [7, 11) is 3.60. The van der Waals surface area contributed by atoms with E-state index in [2.05, 4.69) is 23.2 Å². The molecule has 1 aliphatic heterocycles. The standard InChI is InChI=1S/C12H23N3O/c1-11(8-13,14-3)9-15-7-5-6-12(2,10-15)16-4/h14H,5-7,9-10H2,1-4H3. The highest BCUT2D eigenvalue weighted by molar-refractivity contribution is 5.05. The predicted octanol–water partition coefficient (Wildman–Crippen LogP) is 0.989. The summed E-state index contributed by atoms with van der Waals surface area (Å²) < 4.78 is 5.55. The van der Waals surface area contributed by atoms with Crippen molar-refractivity contribution in [1.82, 2.24) is 10.2 Å². The summed E-state index contributed by atoms with van der Waals surface area (Å²) in [6.45, 7) is 6.79. The molecule has 0 aromatic carbocycles. The van der Waals surface area contributed by atoms with E-state index in [0.29, 0.717) is 0 Å². The Kier molecular flexibility index (Phi) is 4.31. The van der Waals surface area contributed by atoms with Gasteiger partial charge in [0, 0.05) is 20.2 Å². The summed E-state index contributed by atoms with van der Waals surface area (Å²) in [5.41, 5.74) is -0.519. The molecule has 4 heteroatoms. The molecule has 1 rings (SSSR count). The highest BCUT2D eigenvalue weighted by Gasteiger charge is 2.34. The lowest BCUT2D eigenvalue weighted by Crippen LogP contribution is -2.55. The Morgan fingerprint density at radius 2 is 2.31 bits per heavy atom. The zero-order valence-electron chi connectivity index (χ0n) is 10.8. The summed E-state index contributed by atoms with van der Waals surface area (Å²) in [5.74, 6) is 0. The summed E-state index contributed by atoms with van der Waals surface area (Å²) in [6.07, 6.45) is 2.23. The number of hydrogen-bond acceptors (Lipinski definition) is 4. The van der Waals surface area contributed by atoms with Crippen LogP contribution in [0.4, 0.5) is 0 Å². The molecular weight excluding hydrogens is 202 g/mol. The summed E-state index contributed by atoms with van der Waals surface area (Å²) in [6, 6.07) is 2.33. The fourth-order valence-corrected chi connectivity index (χ4v) is 2.23. The first kappa shape index (κ1) is 13.4. The third-order valence-electron chi connectivity index (χ3n) is 3.57. The number of hydrogen-bond donors (Lipinski definition) is 1. The first-order valence-electron chi connectivity index (χ1n) is 5.85. The number of ether oxygens (including phenoxy) is 1. The quantitative estimate of drug-likeness (QED) is 0.775. The lowest BCUT2D eigenvalue weighted by Gasteiger charge is -2.41. The highest BCUT2D eigenvalue weighted by Crippen LogP contribution is 2.24. The molecule has 0 aromatic heterocycles. The molecule has 0 spiro atoms. The second kappa shape index (κ2) is 5.13. The lowest BCUT2D eigenvalue weighted by molar-refractivity contribution is -0.0535. The van der Waals surface area contributed by atoms with Crippen molar-refractivity contribution in [2.75, 3.05) is 33.8 Å². The van der Waals surface area contributed by atoms with Crippen molar-refractivity contribution in [1.29, 1.82) is 5.26 Å². The zero-order valence-corrected chi connectivity index (χ0v) is 10.8. The van der Waals surface area contributed by atoms with Gasteiger partial charge in [-0.25, -0.2) is 0 Å². The van der Waals surface area contributed by atoms with E-state index in [0.717, 1.165) is 32.5 Å². The largest absolute Gasteiger partial charge is 0.377 e.